The van der Waals surface area contributed by atoms with Crippen LogP contribution < -0.4 is 19.5 Å². The second kappa shape index (κ2) is 6.34. The quantitative estimate of drug-likeness (QED) is 0.926. The van der Waals surface area contributed by atoms with Crippen LogP contribution in [0.4, 0.5) is 10.1 Å². The van der Waals surface area contributed by atoms with Crippen LogP contribution in [0.5, 0.6) is 17.2 Å². The van der Waals surface area contributed by atoms with Gasteiger partial charge < -0.3 is 19.5 Å². The number of carbonyl (C=O) groups is 1. The maximum atomic E-state index is 13.0. The summed E-state index contributed by atoms with van der Waals surface area (Å²) < 4.78 is 28.9. The third-order valence-corrected chi connectivity index (χ3v) is 3.50. The molecule has 2 aromatic rings. The van der Waals surface area contributed by atoms with Gasteiger partial charge in [0.05, 0.1) is 5.02 Å². The SMILES string of the molecule is C[C@@H](Oc1ccc(F)cc1Cl)C(=O)Nc1ccc2c(c1)OCO2. The fourth-order valence-electron chi connectivity index (χ4n) is 2.03. The molecule has 120 valence electrons. The highest BCUT2D eigenvalue weighted by Gasteiger charge is 2.19. The third-order valence-electron chi connectivity index (χ3n) is 3.21. The second-order valence-electron chi connectivity index (χ2n) is 4.89. The van der Waals surface area contributed by atoms with Crippen molar-refractivity contribution in [2.75, 3.05) is 12.1 Å². The Morgan fingerprint density at radius 1 is 1.26 bits per heavy atom. The Morgan fingerprint density at radius 2 is 2.04 bits per heavy atom. The Kier molecular flexibility index (Phi) is 4.25. The molecule has 0 radical (unpaired) electrons. The number of anilines is 1. The van der Waals surface area contributed by atoms with Crippen LogP contribution in [-0.4, -0.2) is 18.8 Å². The van der Waals surface area contributed by atoms with Crippen molar-refractivity contribution >= 4 is 23.2 Å². The highest BCUT2D eigenvalue weighted by molar-refractivity contribution is 6.32. The molecule has 7 heteroatoms. The summed E-state index contributed by atoms with van der Waals surface area (Å²) in [5.74, 6) is 0.591. The van der Waals surface area contributed by atoms with E-state index < -0.39 is 11.9 Å². The minimum absolute atomic E-state index is 0.104. The number of halogens is 2. The molecule has 0 saturated carbocycles. The van der Waals surface area contributed by atoms with Crippen molar-refractivity contribution in [3.8, 4) is 17.2 Å². The zero-order valence-electron chi connectivity index (χ0n) is 12.1. The Balaban J connectivity index is 1.65. The average molecular weight is 338 g/mol. The van der Waals surface area contributed by atoms with E-state index in [2.05, 4.69) is 5.32 Å². The summed E-state index contributed by atoms with van der Waals surface area (Å²) in [6, 6.07) is 8.78. The number of hydrogen-bond acceptors (Lipinski definition) is 4. The minimum Gasteiger partial charge on any atom is -0.479 e. The lowest BCUT2D eigenvalue weighted by Crippen LogP contribution is -2.30. The topological polar surface area (TPSA) is 56.8 Å². The van der Waals surface area contributed by atoms with E-state index in [0.29, 0.717) is 17.2 Å². The van der Waals surface area contributed by atoms with Crippen LogP contribution in [0.15, 0.2) is 36.4 Å². The van der Waals surface area contributed by atoms with Crippen LogP contribution >= 0.6 is 11.6 Å². The maximum Gasteiger partial charge on any atom is 0.265 e. The monoisotopic (exact) mass is 337 g/mol. The molecule has 0 unspecified atom stereocenters. The van der Waals surface area contributed by atoms with E-state index in [9.17, 15) is 9.18 Å². The summed E-state index contributed by atoms with van der Waals surface area (Å²) in [6.07, 6.45) is -0.816. The molecule has 1 heterocycles. The van der Waals surface area contributed by atoms with Crippen LogP contribution in [-0.2, 0) is 4.79 Å². The van der Waals surface area contributed by atoms with E-state index >= 15 is 0 Å². The number of ether oxygens (including phenoxy) is 3. The Hall–Kier alpha value is -2.47. The van der Waals surface area contributed by atoms with Gasteiger partial charge in [0.25, 0.3) is 5.91 Å². The molecule has 0 saturated heterocycles. The molecule has 0 aliphatic carbocycles. The summed E-state index contributed by atoms with van der Waals surface area (Å²) in [4.78, 5) is 12.2. The molecule has 1 aliphatic rings. The molecule has 0 fully saturated rings. The predicted octanol–water partition coefficient (Wildman–Crippen LogP) is 3.61. The standard InChI is InChI=1S/C16H13ClFNO4/c1-9(23-13-4-2-10(18)6-12(13)17)16(20)19-11-3-5-14-15(7-11)22-8-21-14/h2-7,9H,8H2,1H3,(H,19,20)/t9-/m1/s1. The number of hydrogen-bond donors (Lipinski definition) is 1. The summed E-state index contributed by atoms with van der Waals surface area (Å²) in [5.41, 5.74) is 0.555. The normalized spacial score (nSPS) is 13.5. The van der Waals surface area contributed by atoms with Crippen molar-refractivity contribution in [2.24, 2.45) is 0 Å². The summed E-state index contributed by atoms with van der Waals surface area (Å²) in [6.45, 7) is 1.73. The molecular formula is C16H13ClFNO4. The Bertz CT molecular complexity index is 753. The zero-order chi connectivity index (χ0) is 16.4. The highest BCUT2D eigenvalue weighted by Crippen LogP contribution is 2.34. The first-order valence-corrected chi connectivity index (χ1v) is 7.23. The van der Waals surface area contributed by atoms with E-state index in [1.54, 1.807) is 25.1 Å². The number of carbonyl (C=O) groups excluding carboxylic acids is 1. The van der Waals surface area contributed by atoms with Crippen LogP contribution in [0, 0.1) is 5.82 Å². The number of rotatable bonds is 4. The predicted molar refractivity (Wildman–Crippen MR) is 82.7 cm³/mol. The van der Waals surface area contributed by atoms with E-state index in [4.69, 9.17) is 25.8 Å². The van der Waals surface area contributed by atoms with Gasteiger partial charge in [-0.1, -0.05) is 11.6 Å². The molecule has 23 heavy (non-hydrogen) atoms. The number of nitrogens with one attached hydrogen (secondary N) is 1. The fourth-order valence-corrected chi connectivity index (χ4v) is 2.24. The van der Waals surface area contributed by atoms with Crippen molar-refractivity contribution in [1.82, 2.24) is 0 Å². The minimum atomic E-state index is -0.816. The Labute approximate surface area is 136 Å². The molecular weight excluding hydrogens is 325 g/mol. The molecule has 1 aliphatic heterocycles. The largest absolute Gasteiger partial charge is 0.479 e. The van der Waals surface area contributed by atoms with Gasteiger partial charge in [-0.2, -0.15) is 0 Å². The van der Waals surface area contributed by atoms with E-state index in [1.807, 2.05) is 0 Å². The maximum absolute atomic E-state index is 13.0. The first-order valence-electron chi connectivity index (χ1n) is 6.85. The number of fused-ring (bicyclic) bond motifs is 1. The van der Waals surface area contributed by atoms with Gasteiger partial charge in [-0.25, -0.2) is 4.39 Å². The molecule has 0 aromatic heterocycles. The van der Waals surface area contributed by atoms with Crippen molar-refractivity contribution < 1.29 is 23.4 Å². The van der Waals surface area contributed by atoms with Crippen molar-refractivity contribution in [2.45, 2.75) is 13.0 Å². The molecule has 1 N–H and O–H groups in total. The van der Waals surface area contributed by atoms with Gasteiger partial charge in [0.2, 0.25) is 6.79 Å². The lowest BCUT2D eigenvalue weighted by Gasteiger charge is -2.15. The van der Waals surface area contributed by atoms with Crippen molar-refractivity contribution in [3.63, 3.8) is 0 Å². The van der Waals surface area contributed by atoms with Crippen molar-refractivity contribution in [1.29, 1.82) is 0 Å². The summed E-state index contributed by atoms with van der Waals surface area (Å²) in [5, 5.41) is 2.81. The number of benzene rings is 2. The Morgan fingerprint density at radius 3 is 2.83 bits per heavy atom. The van der Waals surface area contributed by atoms with E-state index in [0.717, 1.165) is 6.07 Å². The van der Waals surface area contributed by atoms with Crippen LogP contribution in [0.1, 0.15) is 6.92 Å². The molecule has 2 aromatic carbocycles. The van der Waals surface area contributed by atoms with E-state index in [1.165, 1.54) is 12.1 Å². The molecule has 1 atom stereocenters. The smallest absolute Gasteiger partial charge is 0.265 e. The van der Waals surface area contributed by atoms with Gasteiger partial charge >= 0.3 is 0 Å². The van der Waals surface area contributed by atoms with Gasteiger partial charge in [-0.15, -0.1) is 0 Å². The molecule has 3 rings (SSSR count). The lowest BCUT2D eigenvalue weighted by atomic mass is 10.2. The van der Waals surface area contributed by atoms with Gasteiger partial charge in [0.1, 0.15) is 11.6 Å². The molecule has 5 nitrogen and oxygen atoms in total. The van der Waals surface area contributed by atoms with Gasteiger partial charge in [-0.3, -0.25) is 4.79 Å². The van der Waals surface area contributed by atoms with Gasteiger partial charge in [0.15, 0.2) is 17.6 Å². The summed E-state index contributed by atoms with van der Waals surface area (Å²) >= 11 is 5.88. The molecule has 1 amide bonds. The fraction of sp³-hybridized carbons (Fsp3) is 0.188. The van der Waals surface area contributed by atoms with E-state index in [-0.39, 0.29) is 23.5 Å². The average Bonchev–Trinajstić information content (AvgIpc) is 2.97. The first-order chi connectivity index (χ1) is 11.0. The van der Waals surface area contributed by atoms with Gasteiger partial charge in [-0.05, 0) is 37.3 Å². The van der Waals surface area contributed by atoms with Crippen LogP contribution in [0.25, 0.3) is 0 Å². The first kappa shape index (κ1) is 15.4. The lowest BCUT2D eigenvalue weighted by molar-refractivity contribution is -0.122. The number of amides is 1. The van der Waals surface area contributed by atoms with Crippen molar-refractivity contribution in [3.05, 3.63) is 47.2 Å². The van der Waals surface area contributed by atoms with Crippen LogP contribution in [0.3, 0.4) is 0 Å². The second-order valence-corrected chi connectivity index (χ2v) is 5.30. The molecule has 0 spiro atoms. The highest BCUT2D eigenvalue weighted by atomic mass is 35.5. The zero-order valence-corrected chi connectivity index (χ0v) is 12.9. The van der Waals surface area contributed by atoms with Crippen LogP contribution in [0.2, 0.25) is 5.02 Å². The summed E-state index contributed by atoms with van der Waals surface area (Å²) in [7, 11) is 0. The molecule has 0 bridgehead atoms. The third kappa shape index (κ3) is 3.48. The van der Waals surface area contributed by atoms with Gasteiger partial charge in [0, 0.05) is 11.8 Å².